The first-order valence-corrected chi connectivity index (χ1v) is 4.94. The first kappa shape index (κ1) is 13.6. The van der Waals surface area contributed by atoms with E-state index in [9.17, 15) is 13.2 Å². The summed E-state index contributed by atoms with van der Waals surface area (Å²) in [5.41, 5.74) is 1.23. The predicted octanol–water partition coefficient (Wildman–Crippen LogP) is 3.55. The van der Waals surface area contributed by atoms with Crippen molar-refractivity contribution in [3.63, 3.8) is 0 Å². The van der Waals surface area contributed by atoms with Crippen LogP contribution >= 0.6 is 0 Å². The van der Waals surface area contributed by atoms with Gasteiger partial charge in [0.2, 0.25) is 0 Å². The third kappa shape index (κ3) is 4.91. The van der Waals surface area contributed by atoms with Crippen LogP contribution in [-0.2, 0) is 4.74 Å². The van der Waals surface area contributed by atoms with E-state index in [0.29, 0.717) is 12.2 Å². The molecule has 1 aromatic carbocycles. The van der Waals surface area contributed by atoms with Crippen molar-refractivity contribution in [1.29, 1.82) is 0 Å². The van der Waals surface area contributed by atoms with Gasteiger partial charge in [-0.1, -0.05) is 23.8 Å². The Labute approximate surface area is 97.7 Å². The Balaban J connectivity index is 2.95. The number of rotatable bonds is 4. The van der Waals surface area contributed by atoms with Gasteiger partial charge in [-0.2, -0.15) is 0 Å². The van der Waals surface area contributed by atoms with Gasteiger partial charge >= 0.3 is 6.36 Å². The molecule has 0 atom stereocenters. The lowest BCUT2D eigenvalue weighted by Gasteiger charge is -2.11. The van der Waals surface area contributed by atoms with E-state index >= 15 is 0 Å². The number of halogens is 3. The highest BCUT2D eigenvalue weighted by molar-refractivity contribution is 5.58. The Kier molecular flexibility index (Phi) is 4.57. The van der Waals surface area contributed by atoms with Crippen molar-refractivity contribution in [1.82, 2.24) is 0 Å². The Morgan fingerprint density at radius 3 is 2.59 bits per heavy atom. The highest BCUT2D eigenvalue weighted by Crippen LogP contribution is 2.28. The summed E-state index contributed by atoms with van der Waals surface area (Å²) in [6.45, 7) is 2.13. The molecular weight excluding hydrogens is 233 g/mol. The number of alkyl halides is 3. The van der Waals surface area contributed by atoms with Crippen molar-refractivity contribution < 1.29 is 22.6 Å². The van der Waals surface area contributed by atoms with Crippen molar-refractivity contribution in [3.8, 4) is 5.75 Å². The molecule has 0 aromatic heterocycles. The smallest absolute Gasteiger partial charge is 0.405 e. The van der Waals surface area contributed by atoms with Crippen LogP contribution in [0.1, 0.15) is 11.1 Å². The quantitative estimate of drug-likeness (QED) is 0.808. The second-order valence-electron chi connectivity index (χ2n) is 3.45. The summed E-state index contributed by atoms with van der Waals surface area (Å²) in [5, 5.41) is 0. The Hall–Kier alpha value is -1.49. The van der Waals surface area contributed by atoms with Gasteiger partial charge in [0, 0.05) is 12.7 Å². The van der Waals surface area contributed by atoms with Gasteiger partial charge in [-0.15, -0.1) is 13.2 Å². The zero-order valence-electron chi connectivity index (χ0n) is 9.54. The normalized spacial score (nSPS) is 12.1. The van der Waals surface area contributed by atoms with Crippen LogP contribution in [0.4, 0.5) is 13.2 Å². The van der Waals surface area contributed by atoms with Gasteiger partial charge in [-0.25, -0.2) is 0 Å². The fourth-order valence-corrected chi connectivity index (χ4v) is 1.29. The zero-order chi connectivity index (χ0) is 12.9. The van der Waals surface area contributed by atoms with E-state index in [-0.39, 0.29) is 5.75 Å². The topological polar surface area (TPSA) is 18.5 Å². The Morgan fingerprint density at radius 2 is 2.00 bits per heavy atom. The molecule has 2 nitrogen and oxygen atoms in total. The SMILES string of the molecule is COC/C=C/c1cc(C)ccc1OC(F)(F)F. The monoisotopic (exact) mass is 246 g/mol. The largest absolute Gasteiger partial charge is 0.573 e. The summed E-state index contributed by atoms with van der Waals surface area (Å²) in [5.74, 6) is -0.213. The molecule has 0 saturated heterocycles. The van der Waals surface area contributed by atoms with Gasteiger partial charge in [-0.3, -0.25) is 0 Å². The molecule has 94 valence electrons. The second kappa shape index (κ2) is 5.72. The lowest BCUT2D eigenvalue weighted by atomic mass is 10.1. The second-order valence-corrected chi connectivity index (χ2v) is 3.45. The fraction of sp³-hybridized carbons (Fsp3) is 0.333. The molecule has 0 aliphatic carbocycles. The van der Waals surface area contributed by atoms with E-state index in [1.165, 1.54) is 19.3 Å². The van der Waals surface area contributed by atoms with Gasteiger partial charge in [0.05, 0.1) is 6.61 Å². The maximum Gasteiger partial charge on any atom is 0.573 e. The summed E-state index contributed by atoms with van der Waals surface area (Å²) in [6, 6.07) is 4.48. The van der Waals surface area contributed by atoms with Crippen molar-refractivity contribution in [3.05, 3.63) is 35.4 Å². The van der Waals surface area contributed by atoms with Crippen LogP contribution in [0, 0.1) is 6.92 Å². The summed E-state index contributed by atoms with van der Waals surface area (Å²) >= 11 is 0. The fourth-order valence-electron chi connectivity index (χ4n) is 1.29. The van der Waals surface area contributed by atoms with E-state index in [4.69, 9.17) is 4.74 Å². The maximum absolute atomic E-state index is 12.1. The summed E-state index contributed by atoms with van der Waals surface area (Å²) < 4.78 is 45.1. The Bertz CT molecular complexity index is 397. The number of ether oxygens (including phenoxy) is 2. The van der Waals surface area contributed by atoms with Crippen LogP contribution in [-0.4, -0.2) is 20.1 Å². The molecule has 5 heteroatoms. The number of hydrogen-bond donors (Lipinski definition) is 0. The molecule has 1 aromatic rings. The first-order valence-electron chi connectivity index (χ1n) is 4.94. The van der Waals surface area contributed by atoms with Gasteiger partial charge in [0.25, 0.3) is 0 Å². The molecule has 0 N–H and O–H groups in total. The van der Waals surface area contributed by atoms with E-state index in [1.54, 1.807) is 25.1 Å². The van der Waals surface area contributed by atoms with E-state index < -0.39 is 6.36 Å². The number of hydrogen-bond acceptors (Lipinski definition) is 2. The predicted molar refractivity (Wildman–Crippen MR) is 58.8 cm³/mol. The van der Waals surface area contributed by atoms with Gasteiger partial charge < -0.3 is 9.47 Å². The third-order valence-corrected chi connectivity index (χ3v) is 1.95. The molecule has 1 rings (SSSR count). The maximum atomic E-state index is 12.1. The van der Waals surface area contributed by atoms with Crippen molar-refractivity contribution in [2.75, 3.05) is 13.7 Å². The molecule has 0 unspecified atom stereocenters. The highest BCUT2D eigenvalue weighted by atomic mass is 19.4. The molecule has 0 spiro atoms. The van der Waals surface area contributed by atoms with Crippen LogP contribution < -0.4 is 4.74 Å². The van der Waals surface area contributed by atoms with Crippen molar-refractivity contribution in [2.45, 2.75) is 13.3 Å². The average molecular weight is 246 g/mol. The van der Waals surface area contributed by atoms with Crippen molar-refractivity contribution >= 4 is 6.08 Å². The summed E-state index contributed by atoms with van der Waals surface area (Å²) in [4.78, 5) is 0. The van der Waals surface area contributed by atoms with Crippen LogP contribution in [0.3, 0.4) is 0 Å². The molecule has 0 fully saturated rings. The summed E-state index contributed by atoms with van der Waals surface area (Å²) in [7, 11) is 1.51. The van der Waals surface area contributed by atoms with Gasteiger partial charge in [0.1, 0.15) is 5.75 Å². The highest BCUT2D eigenvalue weighted by Gasteiger charge is 2.31. The van der Waals surface area contributed by atoms with Crippen LogP contribution in [0.2, 0.25) is 0 Å². The molecule has 0 bridgehead atoms. The molecule has 0 radical (unpaired) electrons. The lowest BCUT2D eigenvalue weighted by molar-refractivity contribution is -0.274. The number of aryl methyl sites for hydroxylation is 1. The Morgan fingerprint density at radius 1 is 1.29 bits per heavy atom. The van der Waals surface area contributed by atoms with E-state index in [1.807, 2.05) is 0 Å². The first-order chi connectivity index (χ1) is 7.92. The average Bonchev–Trinajstić information content (AvgIpc) is 2.20. The zero-order valence-corrected chi connectivity index (χ0v) is 9.54. The third-order valence-electron chi connectivity index (χ3n) is 1.95. The van der Waals surface area contributed by atoms with Crippen LogP contribution in [0.15, 0.2) is 24.3 Å². The summed E-state index contributed by atoms with van der Waals surface area (Å²) in [6.07, 6.45) is -1.52. The molecule has 17 heavy (non-hydrogen) atoms. The van der Waals surface area contributed by atoms with Crippen molar-refractivity contribution in [2.24, 2.45) is 0 Å². The minimum atomic E-state index is -4.68. The lowest BCUT2D eigenvalue weighted by Crippen LogP contribution is -2.17. The van der Waals surface area contributed by atoms with E-state index in [0.717, 1.165) is 5.56 Å². The standard InChI is InChI=1S/C12H13F3O2/c1-9-5-6-11(17-12(13,14)15)10(8-9)4-3-7-16-2/h3-6,8H,7H2,1-2H3/b4-3+. The molecular formula is C12H13F3O2. The molecule has 0 saturated carbocycles. The van der Waals surface area contributed by atoms with E-state index in [2.05, 4.69) is 4.74 Å². The minimum absolute atomic E-state index is 0.213. The number of benzene rings is 1. The molecule has 0 heterocycles. The van der Waals surface area contributed by atoms with Crippen LogP contribution in [0.5, 0.6) is 5.75 Å². The molecule has 0 amide bonds. The molecule has 0 aliphatic rings. The van der Waals surface area contributed by atoms with Gasteiger partial charge in [-0.05, 0) is 19.1 Å². The number of methoxy groups -OCH3 is 1. The molecule has 0 aliphatic heterocycles. The van der Waals surface area contributed by atoms with Gasteiger partial charge in [0.15, 0.2) is 0 Å². The minimum Gasteiger partial charge on any atom is -0.405 e. The van der Waals surface area contributed by atoms with Crippen LogP contribution in [0.25, 0.3) is 6.08 Å².